The van der Waals surface area contributed by atoms with Crippen LogP contribution in [-0.2, 0) is 4.79 Å². The molecule has 0 saturated heterocycles. The van der Waals surface area contributed by atoms with Gasteiger partial charge in [0.15, 0.2) is 5.11 Å². The number of hydrazine groups is 1. The molecule has 0 aliphatic carbocycles. The molecule has 3 rings (SSSR count). The van der Waals surface area contributed by atoms with Gasteiger partial charge in [0.05, 0.1) is 0 Å². The fourth-order valence-electron chi connectivity index (χ4n) is 2.84. The van der Waals surface area contributed by atoms with Crippen LogP contribution in [0.25, 0.3) is 6.08 Å². The van der Waals surface area contributed by atoms with E-state index in [0.717, 1.165) is 11.1 Å². The van der Waals surface area contributed by atoms with Gasteiger partial charge in [-0.2, -0.15) is 0 Å². The molecule has 7 nitrogen and oxygen atoms in total. The predicted molar refractivity (Wildman–Crippen MR) is 132 cm³/mol. The summed E-state index contributed by atoms with van der Waals surface area (Å²) in [7, 11) is 0. The number of thiocarbonyl (C=S) groups is 1. The first-order valence-electron chi connectivity index (χ1n) is 10.0. The largest absolute Gasteiger partial charge is 0.322 e. The van der Waals surface area contributed by atoms with Gasteiger partial charge in [0, 0.05) is 22.9 Å². The van der Waals surface area contributed by atoms with Crippen LogP contribution in [0.5, 0.6) is 0 Å². The Labute approximate surface area is 196 Å². The van der Waals surface area contributed by atoms with Gasteiger partial charge in [-0.25, -0.2) is 0 Å². The van der Waals surface area contributed by atoms with Crippen molar-refractivity contribution in [1.29, 1.82) is 0 Å². The van der Waals surface area contributed by atoms with E-state index >= 15 is 0 Å². The molecule has 8 heteroatoms. The van der Waals surface area contributed by atoms with E-state index in [2.05, 4.69) is 21.5 Å². The molecule has 0 heterocycles. The van der Waals surface area contributed by atoms with Gasteiger partial charge in [0.2, 0.25) is 5.91 Å². The van der Waals surface area contributed by atoms with E-state index in [1.807, 2.05) is 49.4 Å². The summed E-state index contributed by atoms with van der Waals surface area (Å²) in [6.07, 6.45) is 2.99. The molecule has 0 unspecified atom stereocenters. The number of benzene rings is 3. The third kappa shape index (κ3) is 7.12. The van der Waals surface area contributed by atoms with Crippen LogP contribution < -0.4 is 21.5 Å². The summed E-state index contributed by atoms with van der Waals surface area (Å²) < 4.78 is 0. The van der Waals surface area contributed by atoms with Gasteiger partial charge in [0.25, 0.3) is 11.8 Å². The fourth-order valence-corrected chi connectivity index (χ4v) is 2.99. The van der Waals surface area contributed by atoms with Gasteiger partial charge in [0.1, 0.15) is 0 Å². The third-order valence-electron chi connectivity index (χ3n) is 4.55. The molecule has 3 amide bonds. The zero-order valence-electron chi connectivity index (χ0n) is 17.8. The topological polar surface area (TPSA) is 99.3 Å². The number of nitrogens with one attached hydrogen (secondary N) is 4. The minimum absolute atomic E-state index is 0.0480. The van der Waals surface area contributed by atoms with Crippen LogP contribution in [0.4, 0.5) is 5.69 Å². The van der Waals surface area contributed by atoms with Crippen molar-refractivity contribution in [1.82, 2.24) is 16.2 Å². The number of anilines is 1. The smallest absolute Gasteiger partial charge is 0.269 e. The Bertz CT molecular complexity index is 1190. The molecule has 0 atom stereocenters. The van der Waals surface area contributed by atoms with E-state index < -0.39 is 11.8 Å². The number of hydrogen-bond acceptors (Lipinski definition) is 4. The molecule has 4 N–H and O–H groups in total. The Hall–Kier alpha value is -4.30. The highest BCUT2D eigenvalue weighted by Gasteiger charge is 2.10. The van der Waals surface area contributed by atoms with E-state index in [4.69, 9.17) is 12.2 Å². The Morgan fingerprint density at radius 2 is 1.45 bits per heavy atom. The summed E-state index contributed by atoms with van der Waals surface area (Å²) in [5.41, 5.74) is 8.12. The van der Waals surface area contributed by atoms with Gasteiger partial charge in [-0.1, -0.05) is 48.5 Å². The second-order valence-corrected chi connectivity index (χ2v) is 7.40. The highest BCUT2D eigenvalue weighted by Crippen LogP contribution is 2.13. The molecular formula is C25H22N4O3S. The van der Waals surface area contributed by atoms with Crippen LogP contribution in [0.15, 0.2) is 84.9 Å². The monoisotopic (exact) mass is 458 g/mol. The Morgan fingerprint density at radius 1 is 0.788 bits per heavy atom. The maximum atomic E-state index is 12.4. The molecule has 3 aromatic carbocycles. The van der Waals surface area contributed by atoms with Crippen molar-refractivity contribution >= 4 is 46.8 Å². The average molecular weight is 459 g/mol. The highest BCUT2D eigenvalue weighted by molar-refractivity contribution is 7.80. The maximum absolute atomic E-state index is 12.4. The van der Waals surface area contributed by atoms with Crippen molar-refractivity contribution in [3.63, 3.8) is 0 Å². The quantitative estimate of drug-likeness (QED) is 0.266. The van der Waals surface area contributed by atoms with Gasteiger partial charge in [-0.15, -0.1) is 0 Å². The standard InChI is InChI=1S/C25H22N4O3S/c1-17-7-5-6-10-21(17)24(32)26-20-14-12-19(13-15-20)23(31)28-29-25(33)27-22(30)16-11-18-8-3-2-4-9-18/h2-16H,1H3,(H,26,32)(H,28,31)(H2,27,29,30,33)/b16-11+. The second-order valence-electron chi connectivity index (χ2n) is 6.99. The molecule has 166 valence electrons. The molecule has 0 aromatic heterocycles. The number of rotatable bonds is 5. The summed E-state index contributed by atoms with van der Waals surface area (Å²) in [5, 5.41) is 5.19. The van der Waals surface area contributed by atoms with E-state index in [-0.39, 0.29) is 11.0 Å². The lowest BCUT2D eigenvalue weighted by molar-refractivity contribution is -0.115. The molecule has 3 aromatic rings. The summed E-state index contributed by atoms with van der Waals surface area (Å²) >= 11 is 5.02. The lowest BCUT2D eigenvalue weighted by atomic mass is 10.1. The van der Waals surface area contributed by atoms with Crippen molar-refractivity contribution in [3.05, 3.63) is 107 Å². The number of amides is 3. The lowest BCUT2D eigenvalue weighted by Crippen LogP contribution is -2.48. The molecule has 0 spiro atoms. The second kappa shape index (κ2) is 11.4. The molecule has 0 aliphatic rings. The molecule has 0 fully saturated rings. The first kappa shape index (κ1) is 23.4. The van der Waals surface area contributed by atoms with Gasteiger partial charge >= 0.3 is 0 Å². The Balaban J connectivity index is 1.47. The number of carbonyl (C=O) groups is 3. The van der Waals surface area contributed by atoms with Gasteiger partial charge < -0.3 is 5.32 Å². The lowest BCUT2D eigenvalue weighted by Gasteiger charge is -2.11. The molecule has 0 saturated carbocycles. The molecule has 0 bridgehead atoms. The van der Waals surface area contributed by atoms with Crippen LogP contribution in [0, 0.1) is 6.92 Å². The fraction of sp³-hybridized carbons (Fsp3) is 0.0400. The van der Waals surface area contributed by atoms with Gasteiger partial charge in [-0.05, 0) is 66.7 Å². The molecule has 33 heavy (non-hydrogen) atoms. The zero-order valence-corrected chi connectivity index (χ0v) is 18.6. The summed E-state index contributed by atoms with van der Waals surface area (Å²) in [6.45, 7) is 1.86. The minimum atomic E-state index is -0.455. The van der Waals surface area contributed by atoms with Crippen LogP contribution >= 0.6 is 12.2 Å². The summed E-state index contributed by atoms with van der Waals surface area (Å²) in [4.78, 5) is 36.6. The molecule has 0 radical (unpaired) electrons. The normalized spacial score (nSPS) is 10.3. The zero-order chi connectivity index (χ0) is 23.6. The minimum Gasteiger partial charge on any atom is -0.322 e. The highest BCUT2D eigenvalue weighted by atomic mass is 32.1. The third-order valence-corrected chi connectivity index (χ3v) is 4.75. The summed E-state index contributed by atoms with van der Waals surface area (Å²) in [5.74, 6) is -1.11. The first-order valence-corrected chi connectivity index (χ1v) is 10.4. The number of carbonyl (C=O) groups excluding carboxylic acids is 3. The van der Waals surface area contributed by atoms with Crippen molar-refractivity contribution in [3.8, 4) is 0 Å². The Kier molecular flexibility index (Phi) is 8.04. The molecular weight excluding hydrogens is 436 g/mol. The van der Waals surface area contributed by atoms with Crippen molar-refractivity contribution < 1.29 is 14.4 Å². The van der Waals surface area contributed by atoms with E-state index in [1.165, 1.54) is 6.08 Å². The number of aryl methyl sites for hydroxylation is 1. The van der Waals surface area contributed by atoms with Crippen LogP contribution in [-0.4, -0.2) is 22.8 Å². The first-order chi connectivity index (χ1) is 15.9. The van der Waals surface area contributed by atoms with E-state index in [0.29, 0.717) is 16.8 Å². The van der Waals surface area contributed by atoms with E-state index in [1.54, 1.807) is 42.5 Å². The Morgan fingerprint density at radius 3 is 2.15 bits per heavy atom. The van der Waals surface area contributed by atoms with Crippen molar-refractivity contribution in [2.75, 3.05) is 5.32 Å². The molecule has 0 aliphatic heterocycles. The predicted octanol–water partition coefficient (Wildman–Crippen LogP) is 3.60. The van der Waals surface area contributed by atoms with Crippen LogP contribution in [0.1, 0.15) is 31.8 Å². The van der Waals surface area contributed by atoms with E-state index in [9.17, 15) is 14.4 Å². The number of hydrogen-bond donors (Lipinski definition) is 4. The average Bonchev–Trinajstić information content (AvgIpc) is 2.82. The van der Waals surface area contributed by atoms with Crippen LogP contribution in [0.2, 0.25) is 0 Å². The van der Waals surface area contributed by atoms with Crippen LogP contribution in [0.3, 0.4) is 0 Å². The van der Waals surface area contributed by atoms with Crippen molar-refractivity contribution in [2.45, 2.75) is 6.92 Å². The van der Waals surface area contributed by atoms with Crippen molar-refractivity contribution in [2.24, 2.45) is 0 Å². The van der Waals surface area contributed by atoms with Gasteiger partial charge in [-0.3, -0.25) is 30.6 Å². The summed E-state index contributed by atoms with van der Waals surface area (Å²) in [6, 6.07) is 23.0. The SMILES string of the molecule is Cc1ccccc1C(=O)Nc1ccc(C(=O)NNC(=S)NC(=O)/C=C/c2ccccc2)cc1. The maximum Gasteiger partial charge on any atom is 0.269 e.